The first kappa shape index (κ1) is 19.1. The number of aromatic nitrogens is 2. The van der Waals surface area contributed by atoms with Gasteiger partial charge in [0.1, 0.15) is 0 Å². The summed E-state index contributed by atoms with van der Waals surface area (Å²) in [5.74, 6) is 0.556. The van der Waals surface area contributed by atoms with Crippen molar-refractivity contribution in [3.63, 3.8) is 0 Å². The van der Waals surface area contributed by atoms with Crippen LogP contribution in [0.3, 0.4) is 0 Å². The van der Waals surface area contributed by atoms with Crippen LogP contribution >= 0.6 is 11.3 Å². The second-order valence-electron chi connectivity index (χ2n) is 7.27. The maximum atomic E-state index is 11.8. The molecule has 0 aliphatic carbocycles. The predicted molar refractivity (Wildman–Crippen MR) is 113 cm³/mol. The normalized spacial score (nSPS) is 15.9. The van der Waals surface area contributed by atoms with Gasteiger partial charge >= 0.3 is 0 Å². The van der Waals surface area contributed by atoms with Gasteiger partial charge in [-0.15, -0.1) is 11.3 Å². The van der Waals surface area contributed by atoms with Crippen molar-refractivity contribution in [3.05, 3.63) is 47.1 Å². The summed E-state index contributed by atoms with van der Waals surface area (Å²) in [7, 11) is 1.59. The summed E-state index contributed by atoms with van der Waals surface area (Å²) < 4.78 is 4.93. The molecular weight excluding hydrogens is 372 g/mol. The van der Waals surface area contributed by atoms with Crippen molar-refractivity contribution < 1.29 is 9.53 Å². The number of benzene rings is 1. The summed E-state index contributed by atoms with van der Waals surface area (Å²) in [6.07, 6.45) is 4.86. The summed E-state index contributed by atoms with van der Waals surface area (Å²) >= 11 is 1.49. The van der Waals surface area contributed by atoms with E-state index in [0.29, 0.717) is 24.1 Å². The predicted octanol–water partition coefficient (Wildman–Crippen LogP) is 3.98. The molecule has 1 amide bonds. The standard InChI is InChI=1S/C21H26N4O2S/c1-27-11-8-20(26)24-21-23-16(14-28-21)13-25-9-6-15(7-10-25)18-12-22-19-5-3-2-4-17(18)19/h2-5,12,14-15,22H,6-11,13H2,1H3,(H,23,24,26). The molecule has 1 aromatic carbocycles. The van der Waals surface area contributed by atoms with Crippen LogP contribution in [0.4, 0.5) is 5.13 Å². The molecule has 3 aromatic rings. The van der Waals surface area contributed by atoms with Crippen LogP contribution in [-0.4, -0.2) is 47.6 Å². The molecule has 4 rings (SSSR count). The van der Waals surface area contributed by atoms with E-state index >= 15 is 0 Å². The van der Waals surface area contributed by atoms with Crippen LogP contribution in [0, 0.1) is 0 Å². The number of likely N-dealkylation sites (tertiary alicyclic amines) is 1. The highest BCUT2D eigenvalue weighted by atomic mass is 32.1. The zero-order valence-electron chi connectivity index (χ0n) is 16.1. The highest BCUT2D eigenvalue weighted by molar-refractivity contribution is 7.13. The smallest absolute Gasteiger partial charge is 0.228 e. The first-order valence-corrected chi connectivity index (χ1v) is 10.6. The van der Waals surface area contributed by atoms with Gasteiger partial charge in [0.05, 0.1) is 18.7 Å². The lowest BCUT2D eigenvalue weighted by Gasteiger charge is -2.31. The Morgan fingerprint density at radius 1 is 1.36 bits per heavy atom. The number of anilines is 1. The zero-order chi connectivity index (χ0) is 19.3. The molecule has 7 heteroatoms. The molecule has 0 saturated carbocycles. The first-order valence-electron chi connectivity index (χ1n) is 9.74. The minimum absolute atomic E-state index is 0.0534. The summed E-state index contributed by atoms with van der Waals surface area (Å²) in [6.45, 7) is 3.40. The SMILES string of the molecule is COCCC(=O)Nc1nc(CN2CCC(c3c[nH]c4ccccc34)CC2)cs1. The third-order valence-corrected chi connectivity index (χ3v) is 6.17. The molecule has 2 aromatic heterocycles. The summed E-state index contributed by atoms with van der Waals surface area (Å²) in [6, 6.07) is 8.54. The Labute approximate surface area is 168 Å². The number of para-hydroxylation sites is 1. The second-order valence-corrected chi connectivity index (χ2v) is 8.13. The van der Waals surface area contributed by atoms with E-state index in [1.807, 2.05) is 5.38 Å². The largest absolute Gasteiger partial charge is 0.384 e. The molecule has 1 aliphatic rings. The van der Waals surface area contributed by atoms with E-state index in [2.05, 4.69) is 50.6 Å². The van der Waals surface area contributed by atoms with Gasteiger partial charge in [0.15, 0.2) is 5.13 Å². The molecular formula is C21H26N4O2S. The first-order chi connectivity index (χ1) is 13.7. The number of thiazole rings is 1. The topological polar surface area (TPSA) is 70.2 Å². The van der Waals surface area contributed by atoms with Crippen molar-refractivity contribution in [1.82, 2.24) is 14.9 Å². The molecule has 2 N–H and O–H groups in total. The van der Waals surface area contributed by atoms with Crippen molar-refractivity contribution >= 4 is 33.3 Å². The average molecular weight is 399 g/mol. The molecule has 0 spiro atoms. The quantitative estimate of drug-likeness (QED) is 0.632. The average Bonchev–Trinajstić information content (AvgIpc) is 3.34. The second kappa shape index (κ2) is 8.86. The molecule has 0 unspecified atom stereocenters. The van der Waals surface area contributed by atoms with Gasteiger partial charge in [-0.3, -0.25) is 9.69 Å². The number of rotatable bonds is 7. The number of hydrogen-bond donors (Lipinski definition) is 2. The number of nitrogens with one attached hydrogen (secondary N) is 2. The molecule has 6 nitrogen and oxygen atoms in total. The number of piperidine rings is 1. The highest BCUT2D eigenvalue weighted by Gasteiger charge is 2.23. The lowest BCUT2D eigenvalue weighted by molar-refractivity contribution is -0.117. The van der Waals surface area contributed by atoms with E-state index < -0.39 is 0 Å². The van der Waals surface area contributed by atoms with Gasteiger partial charge < -0.3 is 15.0 Å². The number of H-pyrrole nitrogens is 1. The van der Waals surface area contributed by atoms with Gasteiger partial charge in [-0.2, -0.15) is 0 Å². The molecule has 0 radical (unpaired) electrons. The van der Waals surface area contributed by atoms with Gasteiger partial charge in [0.2, 0.25) is 5.91 Å². The van der Waals surface area contributed by atoms with Crippen LogP contribution in [-0.2, 0) is 16.1 Å². The third-order valence-electron chi connectivity index (χ3n) is 5.37. The fourth-order valence-corrected chi connectivity index (χ4v) is 4.59. The summed E-state index contributed by atoms with van der Waals surface area (Å²) in [5, 5.41) is 6.91. The number of ether oxygens (including phenoxy) is 1. The Kier molecular flexibility index (Phi) is 6.04. The summed E-state index contributed by atoms with van der Waals surface area (Å²) in [5.41, 5.74) is 3.70. The fraction of sp³-hybridized carbons (Fsp3) is 0.429. The van der Waals surface area contributed by atoms with Crippen LogP contribution in [0.15, 0.2) is 35.8 Å². The molecule has 1 saturated heterocycles. The number of carbonyl (C=O) groups is 1. The zero-order valence-corrected chi connectivity index (χ0v) is 16.9. The number of fused-ring (bicyclic) bond motifs is 1. The fourth-order valence-electron chi connectivity index (χ4n) is 3.88. The monoisotopic (exact) mass is 398 g/mol. The molecule has 0 bridgehead atoms. The van der Waals surface area contributed by atoms with E-state index in [1.165, 1.54) is 27.8 Å². The molecule has 1 fully saturated rings. The molecule has 28 heavy (non-hydrogen) atoms. The number of nitrogens with zero attached hydrogens (tertiary/aromatic N) is 2. The number of aromatic amines is 1. The maximum Gasteiger partial charge on any atom is 0.228 e. The number of amides is 1. The van der Waals surface area contributed by atoms with E-state index in [9.17, 15) is 4.79 Å². The van der Waals surface area contributed by atoms with E-state index in [1.54, 1.807) is 7.11 Å². The van der Waals surface area contributed by atoms with Crippen molar-refractivity contribution in [2.45, 2.75) is 31.7 Å². The van der Waals surface area contributed by atoms with Crippen LogP contribution in [0.1, 0.15) is 36.4 Å². The third kappa shape index (κ3) is 4.43. The summed E-state index contributed by atoms with van der Waals surface area (Å²) in [4.78, 5) is 22.2. The Morgan fingerprint density at radius 3 is 3.00 bits per heavy atom. The Hall–Kier alpha value is -2.22. The highest BCUT2D eigenvalue weighted by Crippen LogP contribution is 2.33. The van der Waals surface area contributed by atoms with Gasteiger partial charge in [0, 0.05) is 36.1 Å². The Morgan fingerprint density at radius 2 is 2.18 bits per heavy atom. The number of hydrogen-bond acceptors (Lipinski definition) is 5. The molecule has 3 heterocycles. The van der Waals surface area contributed by atoms with E-state index in [-0.39, 0.29) is 5.91 Å². The van der Waals surface area contributed by atoms with Gasteiger partial charge in [0.25, 0.3) is 0 Å². The number of methoxy groups -OCH3 is 1. The number of carbonyl (C=O) groups excluding carboxylic acids is 1. The van der Waals surface area contributed by atoms with Crippen LogP contribution in [0.25, 0.3) is 10.9 Å². The van der Waals surface area contributed by atoms with Crippen LogP contribution < -0.4 is 5.32 Å². The minimum atomic E-state index is -0.0534. The van der Waals surface area contributed by atoms with Crippen molar-refractivity contribution in [1.29, 1.82) is 0 Å². The van der Waals surface area contributed by atoms with Crippen molar-refractivity contribution in [2.24, 2.45) is 0 Å². The Bertz CT molecular complexity index is 927. The van der Waals surface area contributed by atoms with Crippen molar-refractivity contribution in [2.75, 3.05) is 32.1 Å². The lowest BCUT2D eigenvalue weighted by atomic mass is 9.89. The molecule has 1 aliphatic heterocycles. The van der Waals surface area contributed by atoms with E-state index in [4.69, 9.17) is 4.74 Å². The minimum Gasteiger partial charge on any atom is -0.384 e. The van der Waals surface area contributed by atoms with Crippen LogP contribution in [0.2, 0.25) is 0 Å². The van der Waals surface area contributed by atoms with E-state index in [0.717, 1.165) is 38.2 Å². The van der Waals surface area contributed by atoms with Gasteiger partial charge in [-0.05, 0) is 43.5 Å². The van der Waals surface area contributed by atoms with Crippen LogP contribution in [0.5, 0.6) is 0 Å². The molecule has 0 atom stereocenters. The van der Waals surface area contributed by atoms with Gasteiger partial charge in [-0.25, -0.2) is 4.98 Å². The molecule has 148 valence electrons. The Balaban J connectivity index is 1.29. The van der Waals surface area contributed by atoms with Crippen molar-refractivity contribution in [3.8, 4) is 0 Å². The lowest BCUT2D eigenvalue weighted by Crippen LogP contribution is -2.32. The van der Waals surface area contributed by atoms with Gasteiger partial charge in [-0.1, -0.05) is 18.2 Å². The maximum absolute atomic E-state index is 11.8.